The third-order valence-electron chi connectivity index (χ3n) is 5.91. The quantitative estimate of drug-likeness (QED) is 0.756. The molecule has 2 aliphatic rings. The SMILES string of the molecule is O=C(c1cccc(S(=O)(=O)Nc2cccc(Cl)c2)c1)N1CCN(C2CCCC2)CC1. The van der Waals surface area contributed by atoms with E-state index < -0.39 is 10.0 Å². The van der Waals surface area contributed by atoms with Crippen LogP contribution in [-0.4, -0.2) is 56.3 Å². The van der Waals surface area contributed by atoms with Gasteiger partial charge in [0.25, 0.3) is 15.9 Å². The van der Waals surface area contributed by atoms with Gasteiger partial charge in [-0.1, -0.05) is 36.6 Å². The highest BCUT2D eigenvalue weighted by atomic mass is 35.5. The molecule has 0 atom stereocenters. The third-order valence-corrected chi connectivity index (χ3v) is 7.52. The van der Waals surface area contributed by atoms with Crippen LogP contribution < -0.4 is 4.72 Å². The van der Waals surface area contributed by atoms with Crippen LogP contribution in [0.5, 0.6) is 0 Å². The van der Waals surface area contributed by atoms with Crippen molar-refractivity contribution < 1.29 is 13.2 Å². The van der Waals surface area contributed by atoms with Gasteiger partial charge in [0.05, 0.1) is 10.6 Å². The van der Waals surface area contributed by atoms with E-state index in [1.807, 2.05) is 4.90 Å². The summed E-state index contributed by atoms with van der Waals surface area (Å²) < 4.78 is 28.1. The first kappa shape index (κ1) is 21.2. The van der Waals surface area contributed by atoms with Crippen LogP contribution in [0.25, 0.3) is 0 Å². The van der Waals surface area contributed by atoms with Crippen molar-refractivity contribution in [2.75, 3.05) is 30.9 Å². The van der Waals surface area contributed by atoms with Crippen molar-refractivity contribution >= 4 is 33.2 Å². The van der Waals surface area contributed by atoms with Crippen molar-refractivity contribution in [3.8, 4) is 0 Å². The topological polar surface area (TPSA) is 69.7 Å². The van der Waals surface area contributed by atoms with Crippen molar-refractivity contribution in [1.29, 1.82) is 0 Å². The van der Waals surface area contributed by atoms with E-state index >= 15 is 0 Å². The van der Waals surface area contributed by atoms with E-state index in [0.717, 1.165) is 13.1 Å². The van der Waals surface area contributed by atoms with Crippen molar-refractivity contribution in [1.82, 2.24) is 9.80 Å². The van der Waals surface area contributed by atoms with Gasteiger partial charge < -0.3 is 4.90 Å². The smallest absolute Gasteiger partial charge is 0.261 e. The van der Waals surface area contributed by atoms with Crippen LogP contribution in [0.1, 0.15) is 36.0 Å². The fourth-order valence-corrected chi connectivity index (χ4v) is 5.59. The van der Waals surface area contributed by atoms with E-state index in [4.69, 9.17) is 11.6 Å². The summed E-state index contributed by atoms with van der Waals surface area (Å²) in [5.41, 5.74) is 0.764. The van der Waals surface area contributed by atoms with Crippen molar-refractivity contribution in [3.05, 3.63) is 59.1 Å². The number of nitrogens with zero attached hydrogens (tertiary/aromatic N) is 2. The maximum atomic E-state index is 13.0. The van der Waals surface area contributed by atoms with Gasteiger partial charge in [0.2, 0.25) is 0 Å². The Bertz CT molecular complexity index is 1010. The number of hydrogen-bond acceptors (Lipinski definition) is 4. The molecule has 2 fully saturated rings. The van der Waals surface area contributed by atoms with E-state index in [2.05, 4.69) is 9.62 Å². The fraction of sp³-hybridized carbons (Fsp3) is 0.409. The van der Waals surface area contributed by atoms with Gasteiger partial charge in [-0.25, -0.2) is 8.42 Å². The molecule has 4 rings (SSSR count). The van der Waals surface area contributed by atoms with Gasteiger partial charge in [-0.05, 0) is 49.2 Å². The van der Waals surface area contributed by atoms with Gasteiger partial charge >= 0.3 is 0 Å². The minimum atomic E-state index is -3.82. The summed E-state index contributed by atoms with van der Waals surface area (Å²) in [4.78, 5) is 17.4. The second-order valence-corrected chi connectivity index (χ2v) is 10.0. The monoisotopic (exact) mass is 447 g/mol. The minimum absolute atomic E-state index is 0.0536. The van der Waals surface area contributed by atoms with E-state index in [9.17, 15) is 13.2 Å². The molecular formula is C22H26ClN3O3S. The molecule has 0 aromatic heterocycles. The Hall–Kier alpha value is -2.09. The molecular weight excluding hydrogens is 422 g/mol. The highest BCUT2D eigenvalue weighted by Gasteiger charge is 2.28. The summed E-state index contributed by atoms with van der Waals surface area (Å²) in [5, 5.41) is 0.441. The van der Waals surface area contributed by atoms with E-state index in [1.165, 1.54) is 43.9 Å². The van der Waals surface area contributed by atoms with Crippen LogP contribution in [0.2, 0.25) is 5.02 Å². The lowest BCUT2D eigenvalue weighted by Crippen LogP contribution is -2.51. The largest absolute Gasteiger partial charge is 0.336 e. The fourth-order valence-electron chi connectivity index (χ4n) is 4.30. The van der Waals surface area contributed by atoms with Crippen LogP contribution >= 0.6 is 11.6 Å². The molecule has 0 bridgehead atoms. The predicted molar refractivity (Wildman–Crippen MR) is 118 cm³/mol. The zero-order chi connectivity index (χ0) is 21.1. The zero-order valence-electron chi connectivity index (χ0n) is 16.8. The summed E-state index contributed by atoms with van der Waals surface area (Å²) in [6.45, 7) is 3.11. The van der Waals surface area contributed by atoms with Crippen LogP contribution in [0, 0.1) is 0 Å². The first-order valence-corrected chi connectivity index (χ1v) is 12.2. The molecule has 30 heavy (non-hydrogen) atoms. The second kappa shape index (κ2) is 8.96. The highest BCUT2D eigenvalue weighted by molar-refractivity contribution is 7.92. The second-order valence-electron chi connectivity index (χ2n) is 7.91. The molecule has 1 saturated carbocycles. The van der Waals surface area contributed by atoms with Crippen molar-refractivity contribution in [2.24, 2.45) is 0 Å². The Kier molecular flexibility index (Phi) is 6.32. The Morgan fingerprint density at radius 1 is 0.967 bits per heavy atom. The highest BCUT2D eigenvalue weighted by Crippen LogP contribution is 2.25. The number of sulfonamides is 1. The lowest BCUT2D eigenvalue weighted by molar-refractivity contribution is 0.0573. The molecule has 2 aromatic rings. The number of amides is 1. The lowest BCUT2D eigenvalue weighted by atomic mass is 10.1. The molecule has 2 aromatic carbocycles. The molecule has 160 valence electrons. The van der Waals surface area contributed by atoms with Gasteiger partial charge in [-0.3, -0.25) is 14.4 Å². The Morgan fingerprint density at radius 2 is 1.67 bits per heavy atom. The normalized spacial score (nSPS) is 18.5. The molecule has 0 unspecified atom stereocenters. The van der Waals surface area contributed by atoms with Crippen molar-refractivity contribution in [2.45, 2.75) is 36.6 Å². The Balaban J connectivity index is 1.44. The first-order valence-electron chi connectivity index (χ1n) is 10.3. The van der Waals surface area contributed by atoms with Gasteiger partial charge in [0, 0.05) is 42.8 Å². The number of anilines is 1. The number of rotatable bonds is 5. The standard InChI is InChI=1S/C22H26ClN3O3S/c23-18-6-4-7-19(16-18)24-30(28,29)21-10-3-5-17(15-21)22(27)26-13-11-25(12-14-26)20-8-1-2-9-20/h3-7,10,15-16,20,24H,1-2,8-9,11-14H2. The molecule has 0 radical (unpaired) electrons. The number of benzene rings is 2. The summed E-state index contributed by atoms with van der Waals surface area (Å²) in [6, 6.07) is 13.4. The van der Waals surface area contributed by atoms with Gasteiger partial charge in [-0.2, -0.15) is 0 Å². The number of nitrogens with one attached hydrogen (secondary N) is 1. The first-order chi connectivity index (χ1) is 14.4. The van der Waals surface area contributed by atoms with Crippen molar-refractivity contribution in [3.63, 3.8) is 0 Å². The molecule has 1 aliphatic heterocycles. The lowest BCUT2D eigenvalue weighted by Gasteiger charge is -2.38. The van der Waals surface area contributed by atoms with E-state index in [-0.39, 0.29) is 10.8 Å². The Morgan fingerprint density at radius 3 is 2.37 bits per heavy atom. The maximum absolute atomic E-state index is 13.0. The molecule has 1 heterocycles. The summed E-state index contributed by atoms with van der Waals surface area (Å²) >= 11 is 5.94. The summed E-state index contributed by atoms with van der Waals surface area (Å²) in [6.07, 6.45) is 5.11. The van der Waals surface area contributed by atoms with Gasteiger partial charge in [-0.15, -0.1) is 0 Å². The predicted octanol–water partition coefficient (Wildman–Crippen LogP) is 3.84. The van der Waals surface area contributed by atoms with Crippen LogP contribution in [-0.2, 0) is 10.0 Å². The summed E-state index contributed by atoms with van der Waals surface area (Å²) in [7, 11) is -3.82. The molecule has 1 N–H and O–H groups in total. The zero-order valence-corrected chi connectivity index (χ0v) is 18.3. The third kappa shape index (κ3) is 4.79. The number of carbonyl (C=O) groups is 1. The number of carbonyl (C=O) groups excluding carboxylic acids is 1. The molecule has 8 heteroatoms. The molecule has 6 nitrogen and oxygen atoms in total. The van der Waals surface area contributed by atoms with Crippen LogP contribution in [0.3, 0.4) is 0 Å². The van der Waals surface area contributed by atoms with E-state index in [1.54, 1.807) is 30.3 Å². The number of hydrogen-bond donors (Lipinski definition) is 1. The van der Waals surface area contributed by atoms with Crippen LogP contribution in [0.15, 0.2) is 53.4 Å². The number of piperazine rings is 1. The summed E-state index contributed by atoms with van der Waals surface area (Å²) in [5.74, 6) is -0.124. The van der Waals surface area contributed by atoms with Gasteiger partial charge in [0.15, 0.2) is 0 Å². The molecule has 1 saturated heterocycles. The Labute approximate surface area is 182 Å². The molecule has 0 spiro atoms. The maximum Gasteiger partial charge on any atom is 0.261 e. The minimum Gasteiger partial charge on any atom is -0.336 e. The average Bonchev–Trinajstić information content (AvgIpc) is 3.28. The van der Waals surface area contributed by atoms with Crippen LogP contribution in [0.4, 0.5) is 5.69 Å². The van der Waals surface area contributed by atoms with E-state index in [0.29, 0.717) is 35.4 Å². The molecule has 1 amide bonds. The average molecular weight is 448 g/mol. The van der Waals surface area contributed by atoms with Gasteiger partial charge in [0.1, 0.15) is 0 Å². The number of halogens is 1. The molecule has 1 aliphatic carbocycles.